The van der Waals surface area contributed by atoms with E-state index in [1.165, 1.54) is 7.11 Å². The topological polar surface area (TPSA) is 59.4 Å². The van der Waals surface area contributed by atoms with E-state index in [0.717, 1.165) is 48.1 Å². The molecule has 1 N–H and O–H groups in total. The SMILES string of the molecule is COC(=O)C(O)c1c(C)nc2c(c1-c1ccccc1)CCCC2. The summed E-state index contributed by atoms with van der Waals surface area (Å²) in [5, 5.41) is 10.5. The number of carbonyl (C=O) groups is 1. The van der Waals surface area contributed by atoms with Crippen molar-refractivity contribution < 1.29 is 14.6 Å². The number of hydrogen-bond donors (Lipinski definition) is 1. The normalized spacial score (nSPS) is 14.9. The van der Waals surface area contributed by atoms with Crippen LogP contribution in [0.5, 0.6) is 0 Å². The number of aromatic nitrogens is 1. The fraction of sp³-hybridized carbons (Fsp3) is 0.368. The highest BCUT2D eigenvalue weighted by molar-refractivity contribution is 5.83. The number of esters is 1. The summed E-state index contributed by atoms with van der Waals surface area (Å²) in [7, 11) is 1.29. The number of nitrogens with zero attached hydrogens (tertiary/aromatic N) is 1. The molecule has 1 atom stereocenters. The number of ether oxygens (including phenoxy) is 1. The lowest BCUT2D eigenvalue weighted by Gasteiger charge is -2.25. The third-order valence-corrected chi connectivity index (χ3v) is 4.46. The number of fused-ring (bicyclic) bond motifs is 1. The molecule has 1 aliphatic rings. The molecule has 0 spiro atoms. The van der Waals surface area contributed by atoms with Gasteiger partial charge in [0, 0.05) is 17.0 Å². The van der Waals surface area contributed by atoms with Gasteiger partial charge in [0.05, 0.1) is 7.11 Å². The van der Waals surface area contributed by atoms with Crippen molar-refractivity contribution in [3.63, 3.8) is 0 Å². The van der Waals surface area contributed by atoms with Crippen molar-refractivity contribution in [3.05, 3.63) is 52.8 Å². The van der Waals surface area contributed by atoms with Crippen LogP contribution in [0.15, 0.2) is 30.3 Å². The number of carbonyl (C=O) groups excluding carboxylic acids is 1. The molecule has 4 nitrogen and oxygen atoms in total. The van der Waals surface area contributed by atoms with Gasteiger partial charge in [-0.25, -0.2) is 4.79 Å². The van der Waals surface area contributed by atoms with Gasteiger partial charge in [0.1, 0.15) is 0 Å². The van der Waals surface area contributed by atoms with E-state index in [2.05, 4.69) is 4.98 Å². The number of methoxy groups -OCH3 is 1. The first-order valence-electron chi connectivity index (χ1n) is 7.97. The maximum atomic E-state index is 11.9. The highest BCUT2D eigenvalue weighted by Crippen LogP contribution is 2.38. The largest absolute Gasteiger partial charge is 0.467 e. The molecular weight excluding hydrogens is 290 g/mol. The lowest BCUT2D eigenvalue weighted by molar-refractivity contribution is -0.150. The van der Waals surface area contributed by atoms with Crippen LogP contribution < -0.4 is 0 Å². The second-order valence-corrected chi connectivity index (χ2v) is 5.91. The molecule has 0 aliphatic heterocycles. The van der Waals surface area contributed by atoms with Gasteiger partial charge in [0.15, 0.2) is 6.10 Å². The zero-order chi connectivity index (χ0) is 16.4. The maximum Gasteiger partial charge on any atom is 0.339 e. The third-order valence-electron chi connectivity index (χ3n) is 4.46. The smallest absolute Gasteiger partial charge is 0.339 e. The predicted molar refractivity (Wildman–Crippen MR) is 88.0 cm³/mol. The van der Waals surface area contributed by atoms with Gasteiger partial charge in [-0.05, 0) is 49.3 Å². The number of rotatable bonds is 3. The molecule has 23 heavy (non-hydrogen) atoms. The van der Waals surface area contributed by atoms with Gasteiger partial charge >= 0.3 is 5.97 Å². The molecule has 1 heterocycles. The lowest BCUT2D eigenvalue weighted by Crippen LogP contribution is -2.19. The molecule has 120 valence electrons. The minimum Gasteiger partial charge on any atom is -0.467 e. The van der Waals surface area contributed by atoms with Crippen LogP contribution in [0.4, 0.5) is 0 Å². The molecule has 1 aromatic heterocycles. The Balaban J connectivity index is 2.28. The summed E-state index contributed by atoms with van der Waals surface area (Å²) in [5.74, 6) is -0.650. The molecule has 2 aromatic rings. The molecule has 0 saturated carbocycles. The van der Waals surface area contributed by atoms with Crippen LogP contribution in [-0.2, 0) is 22.4 Å². The molecule has 4 heteroatoms. The van der Waals surface area contributed by atoms with Gasteiger partial charge in [-0.3, -0.25) is 4.98 Å². The Labute approximate surface area is 136 Å². The minimum absolute atomic E-state index is 0.573. The summed E-state index contributed by atoms with van der Waals surface area (Å²) < 4.78 is 4.74. The zero-order valence-electron chi connectivity index (χ0n) is 13.5. The van der Waals surface area contributed by atoms with Crippen molar-refractivity contribution in [2.45, 2.75) is 38.7 Å². The van der Waals surface area contributed by atoms with E-state index in [0.29, 0.717) is 11.3 Å². The van der Waals surface area contributed by atoms with Crippen LogP contribution in [0.25, 0.3) is 11.1 Å². The number of pyridine rings is 1. The Hall–Kier alpha value is -2.20. The van der Waals surface area contributed by atoms with Crippen molar-refractivity contribution in [2.24, 2.45) is 0 Å². The number of aliphatic hydroxyl groups excluding tert-OH is 1. The minimum atomic E-state index is -1.31. The van der Waals surface area contributed by atoms with E-state index < -0.39 is 12.1 Å². The Kier molecular flexibility index (Phi) is 4.44. The fourth-order valence-electron chi connectivity index (χ4n) is 3.39. The molecule has 0 bridgehead atoms. The Bertz CT molecular complexity index is 725. The first-order chi connectivity index (χ1) is 11.1. The molecule has 0 fully saturated rings. The van der Waals surface area contributed by atoms with Crippen molar-refractivity contribution >= 4 is 5.97 Å². The van der Waals surface area contributed by atoms with Crippen LogP contribution in [0.3, 0.4) is 0 Å². The molecule has 1 aliphatic carbocycles. The van der Waals surface area contributed by atoms with Gasteiger partial charge in [-0.1, -0.05) is 30.3 Å². The summed E-state index contributed by atoms with van der Waals surface area (Å²) in [6.45, 7) is 1.85. The van der Waals surface area contributed by atoms with Crippen molar-refractivity contribution in [2.75, 3.05) is 7.11 Å². The monoisotopic (exact) mass is 311 g/mol. The fourth-order valence-corrected chi connectivity index (χ4v) is 3.39. The van der Waals surface area contributed by atoms with Crippen LogP contribution in [0.2, 0.25) is 0 Å². The summed E-state index contributed by atoms with van der Waals surface area (Å²) in [5.41, 5.74) is 5.48. The first kappa shape index (κ1) is 15.7. The van der Waals surface area contributed by atoms with Crippen LogP contribution in [0.1, 0.15) is 41.5 Å². The van der Waals surface area contributed by atoms with Crippen molar-refractivity contribution in [1.29, 1.82) is 0 Å². The van der Waals surface area contributed by atoms with E-state index in [1.54, 1.807) is 0 Å². The Morgan fingerprint density at radius 3 is 2.61 bits per heavy atom. The van der Waals surface area contributed by atoms with Crippen LogP contribution >= 0.6 is 0 Å². The zero-order valence-corrected chi connectivity index (χ0v) is 13.5. The van der Waals surface area contributed by atoms with Crippen LogP contribution in [-0.4, -0.2) is 23.2 Å². The summed E-state index contributed by atoms with van der Waals surface area (Å²) in [4.78, 5) is 16.6. The second kappa shape index (κ2) is 6.50. The standard InChI is InChI=1S/C19H21NO3/c1-12-16(18(21)19(22)23-2)17(13-8-4-3-5-9-13)14-10-6-7-11-15(14)20-12/h3-5,8-9,18,21H,6-7,10-11H2,1-2H3. The number of aliphatic hydroxyl groups is 1. The average molecular weight is 311 g/mol. The lowest BCUT2D eigenvalue weighted by atomic mass is 9.84. The van der Waals surface area contributed by atoms with Crippen LogP contribution in [0, 0.1) is 6.92 Å². The molecule has 1 aromatic carbocycles. The highest BCUT2D eigenvalue weighted by Gasteiger charge is 2.29. The van der Waals surface area contributed by atoms with Crippen molar-refractivity contribution in [3.8, 4) is 11.1 Å². The number of benzene rings is 1. The van der Waals surface area contributed by atoms with E-state index in [1.807, 2.05) is 37.3 Å². The summed E-state index contributed by atoms with van der Waals surface area (Å²) in [6.07, 6.45) is 2.80. The van der Waals surface area contributed by atoms with Gasteiger partial charge in [-0.2, -0.15) is 0 Å². The molecule has 0 saturated heterocycles. The van der Waals surface area contributed by atoms with Gasteiger partial charge in [0.2, 0.25) is 0 Å². The van der Waals surface area contributed by atoms with Crippen molar-refractivity contribution in [1.82, 2.24) is 4.98 Å². The van der Waals surface area contributed by atoms with E-state index in [9.17, 15) is 9.90 Å². The van der Waals surface area contributed by atoms with E-state index in [4.69, 9.17) is 4.74 Å². The third kappa shape index (κ3) is 2.86. The molecule has 0 amide bonds. The molecule has 3 rings (SSSR count). The number of hydrogen-bond acceptors (Lipinski definition) is 4. The van der Waals surface area contributed by atoms with E-state index in [-0.39, 0.29) is 0 Å². The second-order valence-electron chi connectivity index (χ2n) is 5.91. The summed E-state index contributed by atoms with van der Waals surface area (Å²) in [6, 6.07) is 9.91. The predicted octanol–water partition coefficient (Wildman–Crippen LogP) is 3.14. The average Bonchev–Trinajstić information content (AvgIpc) is 2.60. The Morgan fingerprint density at radius 2 is 1.91 bits per heavy atom. The van der Waals surface area contributed by atoms with Gasteiger partial charge < -0.3 is 9.84 Å². The summed E-state index contributed by atoms with van der Waals surface area (Å²) >= 11 is 0. The van der Waals surface area contributed by atoms with Gasteiger partial charge in [-0.15, -0.1) is 0 Å². The molecule has 0 radical (unpaired) electrons. The van der Waals surface area contributed by atoms with Gasteiger partial charge in [0.25, 0.3) is 0 Å². The highest BCUT2D eigenvalue weighted by atomic mass is 16.5. The quantitative estimate of drug-likeness (QED) is 0.885. The molecule has 1 unspecified atom stereocenters. The number of aryl methyl sites for hydroxylation is 2. The van der Waals surface area contributed by atoms with E-state index >= 15 is 0 Å². The maximum absolute atomic E-state index is 11.9. The first-order valence-corrected chi connectivity index (χ1v) is 7.97. The Morgan fingerprint density at radius 1 is 1.22 bits per heavy atom. The molecular formula is C19H21NO3.